The fourth-order valence-corrected chi connectivity index (χ4v) is 3.51. The highest BCUT2D eigenvalue weighted by Gasteiger charge is 2.45. The molecule has 0 spiro atoms. The summed E-state index contributed by atoms with van der Waals surface area (Å²) in [6.07, 6.45) is 7.01. The highest BCUT2D eigenvalue weighted by molar-refractivity contribution is 6.11. The lowest BCUT2D eigenvalue weighted by molar-refractivity contribution is -0.130. The Labute approximate surface area is 180 Å². The van der Waals surface area contributed by atoms with Gasteiger partial charge in [-0.3, -0.25) is 9.59 Å². The van der Waals surface area contributed by atoms with Crippen molar-refractivity contribution in [2.24, 2.45) is 4.99 Å². The van der Waals surface area contributed by atoms with E-state index < -0.39 is 5.54 Å². The van der Waals surface area contributed by atoms with Crippen LogP contribution >= 0.6 is 0 Å². The summed E-state index contributed by atoms with van der Waals surface area (Å²) in [6.45, 7) is 2.02. The highest BCUT2D eigenvalue weighted by atomic mass is 16.5. The monoisotopic (exact) mass is 412 g/mol. The van der Waals surface area contributed by atoms with Crippen LogP contribution < -0.4 is 10.1 Å². The first-order valence-corrected chi connectivity index (χ1v) is 9.77. The molecule has 0 unspecified atom stereocenters. The lowest BCUT2D eigenvalue weighted by Crippen LogP contribution is -2.58. The standard InChI is InChI=1S/C24H20N4O3/c1-24(14-22(29)27-21-10-2-3-11-28(21)24)23(30)26-19-8-5-9-20(13-19)31-16-18-7-4-6-17(12-18)15-25/h2-13H,14,16H2,1H3,(H,26,30)/t24-/m1/s1. The molecule has 7 heteroatoms. The Balaban J connectivity index is 1.47. The predicted octanol–water partition coefficient (Wildman–Crippen LogP) is 3.55. The molecule has 2 amide bonds. The number of hydrogen-bond donors (Lipinski definition) is 1. The number of fused-ring (bicyclic) bond motifs is 1. The largest absolute Gasteiger partial charge is 0.489 e. The summed E-state index contributed by atoms with van der Waals surface area (Å²) in [6, 6.07) is 16.4. The maximum atomic E-state index is 13.2. The molecule has 2 aliphatic heterocycles. The van der Waals surface area contributed by atoms with Crippen molar-refractivity contribution in [2.45, 2.75) is 25.5 Å². The molecule has 2 aromatic rings. The van der Waals surface area contributed by atoms with Crippen molar-refractivity contribution in [3.05, 3.63) is 84.1 Å². The van der Waals surface area contributed by atoms with Crippen LogP contribution in [0.25, 0.3) is 0 Å². The van der Waals surface area contributed by atoms with Gasteiger partial charge < -0.3 is 15.0 Å². The average molecular weight is 412 g/mol. The van der Waals surface area contributed by atoms with Crippen LogP contribution in [0.3, 0.4) is 0 Å². The van der Waals surface area contributed by atoms with E-state index in [1.165, 1.54) is 0 Å². The number of aliphatic imine (C=N–C) groups is 1. The van der Waals surface area contributed by atoms with E-state index >= 15 is 0 Å². The van der Waals surface area contributed by atoms with E-state index in [2.05, 4.69) is 16.4 Å². The van der Waals surface area contributed by atoms with Crippen LogP contribution in [0.4, 0.5) is 5.69 Å². The Kier molecular flexibility index (Phi) is 5.37. The molecule has 0 bridgehead atoms. The molecule has 31 heavy (non-hydrogen) atoms. The third-order valence-corrected chi connectivity index (χ3v) is 5.15. The van der Waals surface area contributed by atoms with Crippen molar-refractivity contribution in [1.29, 1.82) is 5.26 Å². The van der Waals surface area contributed by atoms with Gasteiger partial charge in [-0.1, -0.05) is 24.3 Å². The zero-order chi connectivity index (χ0) is 21.8. The minimum Gasteiger partial charge on any atom is -0.489 e. The number of amides is 2. The molecule has 0 saturated carbocycles. The summed E-state index contributed by atoms with van der Waals surface area (Å²) < 4.78 is 5.82. The number of nitrogens with one attached hydrogen (secondary N) is 1. The molecule has 0 fully saturated rings. The van der Waals surface area contributed by atoms with E-state index in [9.17, 15) is 9.59 Å². The molecule has 0 radical (unpaired) electrons. The molecule has 2 heterocycles. The van der Waals surface area contributed by atoms with E-state index in [0.29, 0.717) is 29.4 Å². The number of nitriles is 1. The smallest absolute Gasteiger partial charge is 0.250 e. The molecule has 2 aromatic carbocycles. The van der Waals surface area contributed by atoms with E-state index in [4.69, 9.17) is 10.00 Å². The number of hydrogen-bond acceptors (Lipinski definition) is 5. The number of nitrogens with zero attached hydrogens (tertiary/aromatic N) is 3. The fraction of sp³-hybridized carbons (Fsp3) is 0.167. The Morgan fingerprint density at radius 3 is 2.94 bits per heavy atom. The second-order valence-electron chi connectivity index (χ2n) is 7.47. The van der Waals surface area contributed by atoms with Gasteiger partial charge in [0.15, 0.2) is 0 Å². The fourth-order valence-electron chi connectivity index (χ4n) is 3.51. The van der Waals surface area contributed by atoms with E-state index in [-0.39, 0.29) is 18.2 Å². The van der Waals surface area contributed by atoms with Gasteiger partial charge in [-0.25, -0.2) is 0 Å². The van der Waals surface area contributed by atoms with Crippen LogP contribution in [0.2, 0.25) is 0 Å². The van der Waals surface area contributed by atoms with Crippen LogP contribution in [0.5, 0.6) is 5.75 Å². The number of benzene rings is 2. The third kappa shape index (κ3) is 4.23. The summed E-state index contributed by atoms with van der Waals surface area (Å²) >= 11 is 0. The Bertz CT molecular complexity index is 1180. The SMILES string of the molecule is C[C@]1(C(=O)Nc2cccc(OCc3cccc(C#N)c3)c2)CC(=O)N=C2C=CC=CN21. The summed E-state index contributed by atoms with van der Waals surface area (Å²) in [5, 5.41) is 11.9. The summed E-state index contributed by atoms with van der Waals surface area (Å²) in [5.74, 6) is 0.383. The van der Waals surface area contributed by atoms with Crippen molar-refractivity contribution in [1.82, 2.24) is 4.90 Å². The van der Waals surface area contributed by atoms with Crippen LogP contribution in [-0.2, 0) is 16.2 Å². The normalized spacial score (nSPS) is 19.3. The number of ether oxygens (including phenoxy) is 1. The van der Waals surface area contributed by atoms with Gasteiger partial charge in [-0.2, -0.15) is 10.3 Å². The van der Waals surface area contributed by atoms with E-state index in [1.54, 1.807) is 72.6 Å². The lowest BCUT2D eigenvalue weighted by Gasteiger charge is -2.41. The van der Waals surface area contributed by atoms with Crippen LogP contribution in [0.15, 0.2) is 78.0 Å². The number of carbonyl (C=O) groups excluding carboxylic acids is 2. The summed E-state index contributed by atoms with van der Waals surface area (Å²) in [5.41, 5.74) is 0.909. The van der Waals surface area contributed by atoms with Gasteiger partial charge in [0.25, 0.3) is 11.8 Å². The predicted molar refractivity (Wildman–Crippen MR) is 116 cm³/mol. The second kappa shape index (κ2) is 8.28. The minimum absolute atomic E-state index is 0.0219. The van der Waals surface area contributed by atoms with Crippen molar-refractivity contribution in [2.75, 3.05) is 5.32 Å². The Hall–Kier alpha value is -4.18. The number of amidine groups is 1. The van der Waals surface area contributed by atoms with Gasteiger partial charge in [0.1, 0.15) is 23.7 Å². The third-order valence-electron chi connectivity index (χ3n) is 5.15. The molecule has 0 aromatic heterocycles. The average Bonchev–Trinajstić information content (AvgIpc) is 2.78. The zero-order valence-electron chi connectivity index (χ0n) is 16.9. The molecular weight excluding hydrogens is 392 g/mol. The maximum absolute atomic E-state index is 13.2. The molecule has 2 aliphatic rings. The van der Waals surface area contributed by atoms with Crippen molar-refractivity contribution < 1.29 is 14.3 Å². The maximum Gasteiger partial charge on any atom is 0.250 e. The van der Waals surface area contributed by atoms with Gasteiger partial charge >= 0.3 is 0 Å². The van der Waals surface area contributed by atoms with E-state index in [1.807, 2.05) is 12.1 Å². The van der Waals surface area contributed by atoms with Gasteiger partial charge in [-0.15, -0.1) is 0 Å². The van der Waals surface area contributed by atoms with Crippen molar-refractivity contribution >= 4 is 23.3 Å². The summed E-state index contributed by atoms with van der Waals surface area (Å²) in [4.78, 5) is 31.0. The minimum atomic E-state index is -1.09. The van der Waals surface area contributed by atoms with Gasteiger partial charge in [0.2, 0.25) is 0 Å². The Morgan fingerprint density at radius 1 is 1.26 bits per heavy atom. The topological polar surface area (TPSA) is 94.8 Å². The molecule has 0 aliphatic carbocycles. The molecule has 1 N–H and O–H groups in total. The molecule has 4 rings (SSSR count). The highest BCUT2D eigenvalue weighted by Crippen LogP contribution is 2.30. The molecule has 7 nitrogen and oxygen atoms in total. The Morgan fingerprint density at radius 2 is 2.10 bits per heavy atom. The van der Waals surface area contributed by atoms with E-state index in [0.717, 1.165) is 5.56 Å². The number of carbonyl (C=O) groups is 2. The summed E-state index contributed by atoms with van der Waals surface area (Å²) in [7, 11) is 0. The number of rotatable bonds is 5. The lowest BCUT2D eigenvalue weighted by atomic mass is 9.91. The van der Waals surface area contributed by atoms with Crippen LogP contribution in [-0.4, -0.2) is 28.1 Å². The zero-order valence-corrected chi connectivity index (χ0v) is 16.9. The number of anilines is 1. The first kappa shape index (κ1) is 20.1. The first-order chi connectivity index (χ1) is 15.0. The molecule has 154 valence electrons. The molecular formula is C24H20N4O3. The van der Waals surface area contributed by atoms with Gasteiger partial charge in [0, 0.05) is 18.0 Å². The first-order valence-electron chi connectivity index (χ1n) is 9.77. The van der Waals surface area contributed by atoms with Crippen LogP contribution in [0, 0.1) is 11.3 Å². The quantitative estimate of drug-likeness (QED) is 0.810. The molecule has 0 saturated heterocycles. The molecule has 1 atom stereocenters. The van der Waals surface area contributed by atoms with Gasteiger partial charge in [0.05, 0.1) is 18.1 Å². The van der Waals surface area contributed by atoms with Crippen molar-refractivity contribution in [3.8, 4) is 11.8 Å². The van der Waals surface area contributed by atoms with Crippen molar-refractivity contribution in [3.63, 3.8) is 0 Å². The van der Waals surface area contributed by atoms with Gasteiger partial charge in [-0.05, 0) is 48.9 Å². The number of allylic oxidation sites excluding steroid dienone is 2. The second-order valence-corrected chi connectivity index (χ2v) is 7.47. The van der Waals surface area contributed by atoms with Crippen LogP contribution in [0.1, 0.15) is 24.5 Å².